The Morgan fingerprint density at radius 2 is 1.88 bits per heavy atom. The van der Waals surface area contributed by atoms with Gasteiger partial charge in [0.05, 0.1) is 23.1 Å². The summed E-state index contributed by atoms with van der Waals surface area (Å²) in [5.41, 5.74) is 1.62. The number of nitrogens with zero attached hydrogens (tertiary/aromatic N) is 1. The summed E-state index contributed by atoms with van der Waals surface area (Å²) < 4.78 is 18.1. The molecule has 34 heavy (non-hydrogen) atoms. The molecule has 1 saturated heterocycles. The van der Waals surface area contributed by atoms with E-state index in [2.05, 4.69) is 31.9 Å². The smallest absolute Gasteiger partial charge is 0.326 e. The standard InChI is InChI=1S/C24H23Br2NO6S/c1-3-4-9-32-21(28)13-27-23(29)20(34-24(27)30)12-16-10-18(26)22(19(11-16)31-2)33-14-15-5-7-17(25)8-6-15/h5-8,10-12H,3-4,9,13-14H2,1-2H3/b20-12+. The normalized spacial score (nSPS) is 14.6. The lowest BCUT2D eigenvalue weighted by Gasteiger charge is -2.14. The number of hydrogen-bond acceptors (Lipinski definition) is 7. The van der Waals surface area contributed by atoms with Gasteiger partial charge >= 0.3 is 5.97 Å². The van der Waals surface area contributed by atoms with Crippen molar-refractivity contribution in [3.05, 3.63) is 61.4 Å². The molecule has 2 amide bonds. The summed E-state index contributed by atoms with van der Waals surface area (Å²) in [6.07, 6.45) is 3.19. The molecule has 0 bridgehead atoms. The molecule has 0 spiro atoms. The van der Waals surface area contributed by atoms with Crippen molar-refractivity contribution < 1.29 is 28.6 Å². The molecule has 0 saturated carbocycles. The lowest BCUT2D eigenvalue weighted by molar-refractivity contribution is -0.146. The molecule has 1 heterocycles. The van der Waals surface area contributed by atoms with Crippen LogP contribution >= 0.6 is 43.6 Å². The lowest BCUT2D eigenvalue weighted by Crippen LogP contribution is -2.34. The Bertz CT molecular complexity index is 1100. The monoisotopic (exact) mass is 611 g/mol. The van der Waals surface area contributed by atoms with E-state index in [0.717, 1.165) is 39.5 Å². The van der Waals surface area contributed by atoms with Gasteiger partial charge in [0.15, 0.2) is 11.5 Å². The number of thioether (sulfide) groups is 1. The Morgan fingerprint density at radius 3 is 2.56 bits per heavy atom. The summed E-state index contributed by atoms with van der Waals surface area (Å²) >= 11 is 7.69. The zero-order valence-electron chi connectivity index (χ0n) is 18.6. The van der Waals surface area contributed by atoms with Crippen molar-refractivity contribution in [1.82, 2.24) is 4.90 Å². The number of halogens is 2. The van der Waals surface area contributed by atoms with Gasteiger partial charge in [0.25, 0.3) is 11.1 Å². The summed E-state index contributed by atoms with van der Waals surface area (Å²) in [5, 5.41) is -0.510. The van der Waals surface area contributed by atoms with E-state index in [1.165, 1.54) is 7.11 Å². The third-order valence-corrected chi connectivity index (χ3v) is 6.79. The van der Waals surface area contributed by atoms with Crippen LogP contribution in [-0.2, 0) is 20.9 Å². The highest BCUT2D eigenvalue weighted by Gasteiger charge is 2.36. The molecule has 0 aromatic heterocycles. The van der Waals surface area contributed by atoms with Crippen LogP contribution in [0.25, 0.3) is 6.08 Å². The highest BCUT2D eigenvalue weighted by molar-refractivity contribution is 9.10. The van der Waals surface area contributed by atoms with Crippen LogP contribution in [-0.4, -0.2) is 42.3 Å². The average Bonchev–Trinajstić information content (AvgIpc) is 3.06. The third kappa shape index (κ3) is 6.86. The number of methoxy groups -OCH3 is 1. The second-order valence-electron chi connectivity index (χ2n) is 7.29. The first kappa shape index (κ1) is 26.3. The SMILES string of the molecule is CCCCOC(=O)CN1C(=O)S/C(=C/c2cc(Br)c(OCc3ccc(Br)cc3)c(OC)c2)C1=O. The molecule has 180 valence electrons. The fourth-order valence-corrected chi connectivity index (χ4v) is 4.67. The Hall–Kier alpha value is -2.30. The fraction of sp³-hybridized carbons (Fsp3) is 0.292. The quantitative estimate of drug-likeness (QED) is 0.180. The minimum Gasteiger partial charge on any atom is -0.493 e. The predicted octanol–water partition coefficient (Wildman–Crippen LogP) is 6.18. The van der Waals surface area contributed by atoms with Crippen molar-refractivity contribution in [1.29, 1.82) is 0 Å². The van der Waals surface area contributed by atoms with E-state index in [4.69, 9.17) is 14.2 Å². The van der Waals surface area contributed by atoms with Gasteiger partial charge in [-0.15, -0.1) is 0 Å². The molecule has 0 aliphatic carbocycles. The van der Waals surface area contributed by atoms with Crippen LogP contribution in [0.4, 0.5) is 4.79 Å². The number of benzene rings is 2. The molecule has 0 radical (unpaired) electrons. The Morgan fingerprint density at radius 1 is 1.15 bits per heavy atom. The second-order valence-corrected chi connectivity index (χ2v) is 10.1. The molecule has 0 N–H and O–H groups in total. The second kappa shape index (κ2) is 12.4. The minimum absolute atomic E-state index is 0.212. The maximum absolute atomic E-state index is 12.7. The van der Waals surface area contributed by atoms with E-state index in [1.54, 1.807) is 18.2 Å². The molecule has 1 fully saturated rings. The maximum atomic E-state index is 12.7. The molecule has 10 heteroatoms. The number of carbonyl (C=O) groups is 3. The predicted molar refractivity (Wildman–Crippen MR) is 138 cm³/mol. The average molecular weight is 613 g/mol. The van der Waals surface area contributed by atoms with Crippen molar-refractivity contribution in [2.75, 3.05) is 20.3 Å². The molecule has 2 aromatic rings. The summed E-state index contributed by atoms with van der Waals surface area (Å²) in [4.78, 5) is 38.1. The van der Waals surface area contributed by atoms with Gasteiger partial charge in [0.1, 0.15) is 13.2 Å². The van der Waals surface area contributed by atoms with E-state index < -0.39 is 23.7 Å². The molecule has 3 rings (SSSR count). The van der Waals surface area contributed by atoms with Gasteiger partial charge in [-0.25, -0.2) is 0 Å². The Balaban J connectivity index is 1.73. The Kier molecular flexibility index (Phi) is 9.61. The van der Waals surface area contributed by atoms with E-state index in [1.807, 2.05) is 31.2 Å². The van der Waals surface area contributed by atoms with E-state index in [9.17, 15) is 14.4 Å². The van der Waals surface area contributed by atoms with Gasteiger partial charge in [-0.05, 0) is 75.6 Å². The van der Waals surface area contributed by atoms with Crippen LogP contribution in [0.2, 0.25) is 0 Å². The van der Waals surface area contributed by atoms with Gasteiger partial charge in [-0.1, -0.05) is 41.4 Å². The molecule has 7 nitrogen and oxygen atoms in total. The molecule has 1 aliphatic rings. The first-order chi connectivity index (χ1) is 16.3. The molecule has 0 unspecified atom stereocenters. The number of carbonyl (C=O) groups excluding carboxylic acids is 3. The van der Waals surface area contributed by atoms with Crippen LogP contribution in [0.15, 0.2) is 50.2 Å². The van der Waals surface area contributed by atoms with Gasteiger partial charge in [0.2, 0.25) is 0 Å². The number of amides is 2. The van der Waals surface area contributed by atoms with Crippen molar-refractivity contribution in [3.8, 4) is 11.5 Å². The van der Waals surface area contributed by atoms with Gasteiger partial charge in [0, 0.05) is 4.47 Å². The van der Waals surface area contributed by atoms with E-state index in [0.29, 0.717) is 28.1 Å². The van der Waals surface area contributed by atoms with Crippen LogP contribution in [0, 0.1) is 0 Å². The lowest BCUT2D eigenvalue weighted by atomic mass is 10.1. The topological polar surface area (TPSA) is 82.1 Å². The first-order valence-electron chi connectivity index (χ1n) is 10.5. The molecule has 0 atom stereocenters. The number of imide groups is 1. The fourth-order valence-electron chi connectivity index (χ4n) is 2.99. The van der Waals surface area contributed by atoms with Crippen LogP contribution in [0.5, 0.6) is 11.5 Å². The summed E-state index contributed by atoms with van der Waals surface area (Å²) in [6, 6.07) is 11.3. The van der Waals surface area contributed by atoms with Crippen molar-refractivity contribution >= 4 is 66.8 Å². The minimum atomic E-state index is -0.603. The van der Waals surface area contributed by atoms with Crippen molar-refractivity contribution in [2.24, 2.45) is 0 Å². The number of unbranched alkanes of at least 4 members (excludes halogenated alkanes) is 1. The molecular weight excluding hydrogens is 590 g/mol. The zero-order chi connectivity index (χ0) is 24.7. The van der Waals surface area contributed by atoms with Crippen LogP contribution < -0.4 is 9.47 Å². The first-order valence-corrected chi connectivity index (χ1v) is 12.9. The van der Waals surface area contributed by atoms with Gasteiger partial charge in [-0.2, -0.15) is 0 Å². The molecular formula is C24H23Br2NO6S. The molecule has 1 aliphatic heterocycles. The zero-order valence-corrected chi connectivity index (χ0v) is 22.6. The number of rotatable bonds is 10. The Labute approximate surface area is 219 Å². The molecule has 2 aromatic carbocycles. The van der Waals surface area contributed by atoms with Crippen LogP contribution in [0.1, 0.15) is 30.9 Å². The number of ether oxygens (including phenoxy) is 3. The highest BCUT2D eigenvalue weighted by atomic mass is 79.9. The van der Waals surface area contributed by atoms with E-state index in [-0.39, 0.29) is 11.5 Å². The number of esters is 1. The van der Waals surface area contributed by atoms with Gasteiger partial charge < -0.3 is 14.2 Å². The van der Waals surface area contributed by atoms with E-state index >= 15 is 0 Å². The summed E-state index contributed by atoms with van der Waals surface area (Å²) in [5.74, 6) is -0.149. The van der Waals surface area contributed by atoms with Gasteiger partial charge in [-0.3, -0.25) is 19.3 Å². The summed E-state index contributed by atoms with van der Waals surface area (Å²) in [7, 11) is 1.52. The highest BCUT2D eigenvalue weighted by Crippen LogP contribution is 2.39. The third-order valence-electron chi connectivity index (χ3n) is 4.77. The van der Waals surface area contributed by atoms with Crippen molar-refractivity contribution in [3.63, 3.8) is 0 Å². The van der Waals surface area contributed by atoms with Crippen molar-refractivity contribution in [2.45, 2.75) is 26.4 Å². The van der Waals surface area contributed by atoms with Crippen LogP contribution in [0.3, 0.4) is 0 Å². The number of hydrogen-bond donors (Lipinski definition) is 0. The largest absolute Gasteiger partial charge is 0.493 e. The summed E-state index contributed by atoms with van der Waals surface area (Å²) in [6.45, 7) is 2.19. The maximum Gasteiger partial charge on any atom is 0.326 e.